The van der Waals surface area contributed by atoms with Crippen LogP contribution < -0.4 is 10.6 Å². The number of guanidine groups is 1. The molecule has 0 aromatic heterocycles. The first-order valence-corrected chi connectivity index (χ1v) is 11.1. The maximum atomic E-state index is 12.4. The number of unbranched alkanes of at least 4 members (excludes halogenated alkanes) is 1. The van der Waals surface area contributed by atoms with Crippen LogP contribution in [0.1, 0.15) is 66.2 Å². The summed E-state index contributed by atoms with van der Waals surface area (Å²) in [6.07, 6.45) is 6.40. The second-order valence-electron chi connectivity index (χ2n) is 8.23. The lowest BCUT2D eigenvalue weighted by Gasteiger charge is -2.40. The van der Waals surface area contributed by atoms with E-state index in [1.165, 1.54) is 24.2 Å². The molecule has 0 unspecified atom stereocenters. The van der Waals surface area contributed by atoms with Gasteiger partial charge in [-0.05, 0) is 56.6 Å². The fourth-order valence-electron chi connectivity index (χ4n) is 4.11. The van der Waals surface area contributed by atoms with Crippen molar-refractivity contribution < 1.29 is 14.3 Å². The Morgan fingerprint density at radius 1 is 1.13 bits per heavy atom. The van der Waals surface area contributed by atoms with E-state index in [2.05, 4.69) is 17.6 Å². The molecule has 7 nitrogen and oxygen atoms in total. The van der Waals surface area contributed by atoms with Crippen molar-refractivity contribution in [3.05, 3.63) is 35.4 Å². The van der Waals surface area contributed by atoms with Gasteiger partial charge in [0.15, 0.2) is 5.96 Å². The number of fused-ring (bicyclic) bond motifs is 1. The van der Waals surface area contributed by atoms with Gasteiger partial charge in [-0.15, -0.1) is 24.0 Å². The first kappa shape index (κ1) is 25.6. The van der Waals surface area contributed by atoms with E-state index in [0.717, 1.165) is 51.5 Å². The van der Waals surface area contributed by atoms with Gasteiger partial charge >= 0.3 is 0 Å². The number of hydrogen-bond acceptors (Lipinski definition) is 4. The number of hydrogen-bond donors (Lipinski definition) is 2. The lowest BCUT2D eigenvalue weighted by molar-refractivity contribution is 0.0651. The number of aliphatic imine (C=N–C) groups is 1. The highest BCUT2D eigenvalue weighted by molar-refractivity contribution is 14.0. The summed E-state index contributed by atoms with van der Waals surface area (Å²) in [5.41, 5.74) is 1.32. The van der Waals surface area contributed by atoms with E-state index in [0.29, 0.717) is 23.1 Å². The van der Waals surface area contributed by atoms with Crippen LogP contribution in [0.25, 0.3) is 0 Å². The van der Waals surface area contributed by atoms with Crippen LogP contribution in [0.5, 0.6) is 0 Å². The molecule has 0 spiro atoms. The van der Waals surface area contributed by atoms with E-state index in [1.807, 2.05) is 0 Å². The average Bonchev–Trinajstić information content (AvgIpc) is 2.97. The molecular weight excluding hydrogens is 507 g/mol. The summed E-state index contributed by atoms with van der Waals surface area (Å²) in [5, 5.41) is 6.69. The zero-order valence-corrected chi connectivity index (χ0v) is 20.9. The molecule has 2 amide bonds. The molecule has 1 saturated carbocycles. The van der Waals surface area contributed by atoms with E-state index < -0.39 is 0 Å². The second-order valence-corrected chi connectivity index (χ2v) is 8.23. The summed E-state index contributed by atoms with van der Waals surface area (Å²) in [5.74, 6) is 0.475. The van der Waals surface area contributed by atoms with Crippen molar-refractivity contribution in [3.8, 4) is 0 Å². The van der Waals surface area contributed by atoms with Crippen molar-refractivity contribution >= 4 is 41.8 Å². The topological polar surface area (TPSA) is 83.0 Å². The molecule has 1 heterocycles. The molecule has 0 saturated heterocycles. The number of ether oxygens (including phenoxy) is 1. The third kappa shape index (κ3) is 6.41. The molecule has 1 aromatic carbocycles. The quantitative estimate of drug-likeness (QED) is 0.147. The minimum atomic E-state index is -0.180. The van der Waals surface area contributed by atoms with E-state index in [9.17, 15) is 9.59 Å². The largest absolute Gasteiger partial charge is 0.385 e. The van der Waals surface area contributed by atoms with E-state index >= 15 is 0 Å². The molecular formula is C23H35IN4O3. The van der Waals surface area contributed by atoms with Crippen molar-refractivity contribution in [2.75, 3.05) is 39.9 Å². The predicted octanol–water partition coefficient (Wildman–Crippen LogP) is 3.44. The van der Waals surface area contributed by atoms with Crippen LogP contribution in [0.15, 0.2) is 29.3 Å². The standard InChI is InChI=1S/C23H34N4O3.HI/c1-3-24-22(26-17-23(11-8-12-23)13-16-30-2)25-14-6-7-15-27-20(28)18-9-4-5-10-19(18)21(27)29;/h4-5,9-10H,3,6-8,11-17H2,1-2H3,(H2,24,25,26);1H. The SMILES string of the molecule is CCNC(=NCC1(CCOC)CCC1)NCCCCN1C(=O)c2ccccc2C1=O.I. The Balaban J connectivity index is 0.00000341. The Hall–Kier alpha value is -1.68. The number of amides is 2. The van der Waals surface area contributed by atoms with Crippen LogP contribution >= 0.6 is 24.0 Å². The summed E-state index contributed by atoms with van der Waals surface area (Å²) < 4.78 is 5.27. The number of rotatable bonds is 11. The minimum Gasteiger partial charge on any atom is -0.385 e. The highest BCUT2D eigenvalue weighted by Crippen LogP contribution is 2.44. The molecule has 31 heavy (non-hydrogen) atoms. The van der Waals surface area contributed by atoms with Crippen LogP contribution in [-0.4, -0.2) is 62.6 Å². The lowest BCUT2D eigenvalue weighted by atomic mass is 9.67. The van der Waals surface area contributed by atoms with Crippen molar-refractivity contribution in [1.82, 2.24) is 15.5 Å². The summed E-state index contributed by atoms with van der Waals surface area (Å²) in [7, 11) is 1.75. The molecule has 0 radical (unpaired) electrons. The maximum Gasteiger partial charge on any atom is 0.261 e. The van der Waals surface area contributed by atoms with E-state index in [4.69, 9.17) is 9.73 Å². The number of carbonyl (C=O) groups is 2. The van der Waals surface area contributed by atoms with Gasteiger partial charge in [-0.3, -0.25) is 19.5 Å². The Kier molecular flexibility index (Phi) is 10.2. The van der Waals surface area contributed by atoms with Gasteiger partial charge in [0.05, 0.1) is 11.1 Å². The molecule has 1 fully saturated rings. The number of carbonyl (C=O) groups excluding carboxylic acids is 2. The maximum absolute atomic E-state index is 12.4. The fraction of sp³-hybridized carbons (Fsp3) is 0.609. The van der Waals surface area contributed by atoms with Crippen molar-refractivity contribution in [2.24, 2.45) is 10.4 Å². The smallest absolute Gasteiger partial charge is 0.261 e. The Bertz CT molecular complexity index is 745. The number of imide groups is 1. The number of nitrogens with one attached hydrogen (secondary N) is 2. The molecule has 1 aromatic rings. The summed E-state index contributed by atoms with van der Waals surface area (Å²) in [6.45, 7) is 5.68. The van der Waals surface area contributed by atoms with Crippen molar-refractivity contribution in [1.29, 1.82) is 0 Å². The molecule has 0 atom stereocenters. The van der Waals surface area contributed by atoms with Gasteiger partial charge in [0.1, 0.15) is 0 Å². The third-order valence-corrected chi connectivity index (χ3v) is 6.15. The predicted molar refractivity (Wildman–Crippen MR) is 133 cm³/mol. The van der Waals surface area contributed by atoms with Crippen LogP contribution in [0.3, 0.4) is 0 Å². The average molecular weight is 542 g/mol. The van der Waals surface area contributed by atoms with Gasteiger partial charge in [0.25, 0.3) is 11.8 Å². The molecule has 1 aliphatic heterocycles. The fourth-order valence-corrected chi connectivity index (χ4v) is 4.11. The summed E-state index contributed by atoms with van der Waals surface area (Å²) in [4.78, 5) is 31.0. The highest BCUT2D eigenvalue weighted by atomic mass is 127. The van der Waals surface area contributed by atoms with E-state index in [-0.39, 0.29) is 35.8 Å². The lowest BCUT2D eigenvalue weighted by Crippen LogP contribution is -2.40. The number of methoxy groups -OCH3 is 1. The highest BCUT2D eigenvalue weighted by Gasteiger charge is 2.36. The third-order valence-electron chi connectivity index (χ3n) is 6.15. The van der Waals surface area contributed by atoms with Gasteiger partial charge in [-0.2, -0.15) is 0 Å². The molecule has 8 heteroatoms. The van der Waals surface area contributed by atoms with Crippen molar-refractivity contribution in [2.45, 2.75) is 45.4 Å². The second kappa shape index (κ2) is 12.4. The van der Waals surface area contributed by atoms with Gasteiger partial charge in [0.2, 0.25) is 0 Å². The molecule has 1 aliphatic carbocycles. The van der Waals surface area contributed by atoms with Crippen LogP contribution in [0.2, 0.25) is 0 Å². The van der Waals surface area contributed by atoms with Crippen LogP contribution in [0.4, 0.5) is 0 Å². The molecule has 3 rings (SSSR count). The first-order valence-electron chi connectivity index (χ1n) is 11.1. The Morgan fingerprint density at radius 2 is 1.81 bits per heavy atom. The van der Waals surface area contributed by atoms with Gasteiger partial charge in [-0.25, -0.2) is 0 Å². The van der Waals surface area contributed by atoms with Gasteiger partial charge in [0, 0.05) is 39.9 Å². The number of nitrogens with zero attached hydrogens (tertiary/aromatic N) is 2. The Labute approximate surface area is 202 Å². The van der Waals surface area contributed by atoms with Crippen molar-refractivity contribution in [3.63, 3.8) is 0 Å². The first-order chi connectivity index (χ1) is 14.6. The Morgan fingerprint density at radius 3 is 2.35 bits per heavy atom. The van der Waals surface area contributed by atoms with E-state index in [1.54, 1.807) is 31.4 Å². The zero-order valence-electron chi connectivity index (χ0n) is 18.6. The number of benzene rings is 1. The summed E-state index contributed by atoms with van der Waals surface area (Å²) >= 11 is 0. The monoisotopic (exact) mass is 542 g/mol. The number of halogens is 1. The van der Waals surface area contributed by atoms with Crippen LogP contribution in [0, 0.1) is 5.41 Å². The normalized spacial score (nSPS) is 17.1. The summed E-state index contributed by atoms with van der Waals surface area (Å²) in [6, 6.07) is 7.03. The molecule has 0 bridgehead atoms. The minimum absolute atomic E-state index is 0. The molecule has 2 N–H and O–H groups in total. The van der Waals surface area contributed by atoms with Gasteiger partial charge < -0.3 is 15.4 Å². The van der Waals surface area contributed by atoms with Gasteiger partial charge in [-0.1, -0.05) is 18.6 Å². The molecule has 172 valence electrons. The zero-order chi connectivity index (χ0) is 21.4. The molecule has 2 aliphatic rings. The van der Waals surface area contributed by atoms with Crippen LogP contribution in [-0.2, 0) is 4.74 Å².